The van der Waals surface area contributed by atoms with Gasteiger partial charge in [-0.2, -0.15) is 0 Å². The second-order valence-corrected chi connectivity index (χ2v) is 5.30. The Bertz CT molecular complexity index is 300. The molecular formula is C13H24N2OS. The molecule has 0 aromatic carbocycles. The minimum absolute atomic E-state index is 0.152. The van der Waals surface area contributed by atoms with Crippen LogP contribution < -0.4 is 5.73 Å². The highest BCUT2D eigenvalue weighted by molar-refractivity contribution is 7.80. The molecule has 0 spiro atoms. The molecule has 0 radical (unpaired) electrons. The molecule has 1 aliphatic heterocycles. The Balaban J connectivity index is 2.96. The van der Waals surface area contributed by atoms with Crippen molar-refractivity contribution in [1.82, 2.24) is 4.90 Å². The van der Waals surface area contributed by atoms with Crippen LogP contribution in [-0.2, 0) is 4.79 Å². The molecule has 1 rings (SSSR count). The zero-order valence-electron chi connectivity index (χ0n) is 11.2. The number of rotatable bonds is 5. The van der Waals surface area contributed by atoms with E-state index in [4.69, 9.17) is 18.0 Å². The van der Waals surface area contributed by atoms with Gasteiger partial charge in [0.1, 0.15) is 0 Å². The predicted octanol–water partition coefficient (Wildman–Crippen LogP) is 2.48. The Morgan fingerprint density at radius 2 is 2.00 bits per heavy atom. The van der Waals surface area contributed by atoms with Gasteiger partial charge in [-0.25, -0.2) is 0 Å². The van der Waals surface area contributed by atoms with Crippen molar-refractivity contribution < 1.29 is 4.79 Å². The van der Waals surface area contributed by atoms with Crippen molar-refractivity contribution in [1.29, 1.82) is 0 Å². The van der Waals surface area contributed by atoms with Crippen LogP contribution in [0.5, 0.6) is 0 Å². The van der Waals surface area contributed by atoms with Gasteiger partial charge in [0.2, 0.25) is 5.91 Å². The van der Waals surface area contributed by atoms with E-state index >= 15 is 0 Å². The number of nitrogens with zero attached hydrogens (tertiary/aromatic N) is 1. The molecule has 0 bridgehead atoms. The van der Waals surface area contributed by atoms with Gasteiger partial charge in [0.25, 0.3) is 0 Å². The van der Waals surface area contributed by atoms with Crippen LogP contribution >= 0.6 is 12.2 Å². The van der Waals surface area contributed by atoms with E-state index in [1.807, 2.05) is 18.7 Å². The molecule has 17 heavy (non-hydrogen) atoms. The normalized spacial score (nSPS) is 20.6. The fourth-order valence-corrected chi connectivity index (χ4v) is 3.18. The number of hydrogen-bond acceptors (Lipinski definition) is 2. The van der Waals surface area contributed by atoms with Crippen molar-refractivity contribution >= 4 is 23.1 Å². The molecule has 1 amide bonds. The summed E-state index contributed by atoms with van der Waals surface area (Å²) in [7, 11) is 0. The molecule has 0 aromatic heterocycles. The third-order valence-electron chi connectivity index (χ3n) is 4.20. The highest BCUT2D eigenvalue weighted by Crippen LogP contribution is 2.33. The molecule has 1 unspecified atom stereocenters. The SMILES string of the molecule is CCC1CCCN1C(=O)C(CC)(CC)C(N)=S. The molecule has 98 valence electrons. The third kappa shape index (κ3) is 2.46. The van der Waals surface area contributed by atoms with Crippen LogP contribution in [0.25, 0.3) is 0 Å². The summed E-state index contributed by atoms with van der Waals surface area (Å²) < 4.78 is 0. The first-order valence-electron chi connectivity index (χ1n) is 6.64. The molecule has 2 N–H and O–H groups in total. The molecular weight excluding hydrogens is 232 g/mol. The van der Waals surface area contributed by atoms with Gasteiger partial charge >= 0.3 is 0 Å². The Morgan fingerprint density at radius 3 is 2.41 bits per heavy atom. The molecule has 1 saturated heterocycles. The van der Waals surface area contributed by atoms with Gasteiger partial charge in [-0.15, -0.1) is 0 Å². The van der Waals surface area contributed by atoms with Crippen LogP contribution in [0, 0.1) is 5.41 Å². The summed E-state index contributed by atoms with van der Waals surface area (Å²) in [5.41, 5.74) is 5.21. The van der Waals surface area contributed by atoms with Gasteiger partial charge in [-0.05, 0) is 32.1 Å². The van der Waals surface area contributed by atoms with Crippen molar-refractivity contribution in [2.75, 3.05) is 6.54 Å². The van der Waals surface area contributed by atoms with Crippen LogP contribution in [0.3, 0.4) is 0 Å². The van der Waals surface area contributed by atoms with Crippen LogP contribution in [-0.4, -0.2) is 28.4 Å². The predicted molar refractivity (Wildman–Crippen MR) is 74.8 cm³/mol. The first kappa shape index (κ1) is 14.4. The Morgan fingerprint density at radius 1 is 1.41 bits per heavy atom. The topological polar surface area (TPSA) is 46.3 Å². The van der Waals surface area contributed by atoms with Gasteiger partial charge in [0.05, 0.1) is 10.4 Å². The van der Waals surface area contributed by atoms with Crippen molar-refractivity contribution in [3.8, 4) is 0 Å². The summed E-state index contributed by atoms with van der Waals surface area (Å²) >= 11 is 5.14. The van der Waals surface area contributed by atoms with E-state index in [0.717, 1.165) is 25.8 Å². The molecule has 0 saturated carbocycles. The van der Waals surface area contributed by atoms with E-state index in [-0.39, 0.29) is 5.91 Å². The number of hydrogen-bond donors (Lipinski definition) is 1. The second kappa shape index (κ2) is 5.80. The number of carbonyl (C=O) groups excluding carboxylic acids is 1. The molecule has 3 nitrogen and oxygen atoms in total. The van der Waals surface area contributed by atoms with Crippen LogP contribution in [0.4, 0.5) is 0 Å². The van der Waals surface area contributed by atoms with Crippen LogP contribution in [0.2, 0.25) is 0 Å². The average Bonchev–Trinajstić information content (AvgIpc) is 2.78. The summed E-state index contributed by atoms with van der Waals surface area (Å²) in [4.78, 5) is 15.1. The fraction of sp³-hybridized carbons (Fsp3) is 0.846. The van der Waals surface area contributed by atoms with Gasteiger partial charge in [-0.1, -0.05) is 33.0 Å². The summed E-state index contributed by atoms with van der Waals surface area (Å²) in [6, 6.07) is 0.384. The van der Waals surface area contributed by atoms with E-state index < -0.39 is 5.41 Å². The first-order chi connectivity index (χ1) is 8.03. The van der Waals surface area contributed by atoms with Crippen molar-refractivity contribution in [2.24, 2.45) is 11.1 Å². The lowest BCUT2D eigenvalue weighted by atomic mass is 9.80. The highest BCUT2D eigenvalue weighted by atomic mass is 32.1. The molecule has 4 heteroatoms. The maximum atomic E-state index is 12.7. The number of likely N-dealkylation sites (tertiary alicyclic amines) is 1. The number of thiocarbonyl (C=S) groups is 1. The van der Waals surface area contributed by atoms with E-state index in [0.29, 0.717) is 23.9 Å². The summed E-state index contributed by atoms with van der Waals surface area (Å²) in [5, 5.41) is 0. The van der Waals surface area contributed by atoms with Crippen molar-refractivity contribution in [3.63, 3.8) is 0 Å². The smallest absolute Gasteiger partial charge is 0.235 e. The summed E-state index contributed by atoms with van der Waals surface area (Å²) in [6.07, 6.45) is 4.63. The third-order valence-corrected chi connectivity index (χ3v) is 4.59. The van der Waals surface area contributed by atoms with E-state index in [1.165, 1.54) is 0 Å². The fourth-order valence-electron chi connectivity index (χ4n) is 2.81. The van der Waals surface area contributed by atoms with Crippen molar-refractivity contribution in [3.05, 3.63) is 0 Å². The van der Waals surface area contributed by atoms with Gasteiger partial charge < -0.3 is 10.6 Å². The lowest BCUT2D eigenvalue weighted by molar-refractivity contribution is -0.139. The van der Waals surface area contributed by atoms with E-state index in [2.05, 4.69) is 6.92 Å². The summed E-state index contributed by atoms with van der Waals surface area (Å²) in [6.45, 7) is 6.99. The summed E-state index contributed by atoms with van der Waals surface area (Å²) in [5.74, 6) is 0.152. The Labute approximate surface area is 110 Å². The number of nitrogens with two attached hydrogens (primary N) is 1. The lowest BCUT2D eigenvalue weighted by Crippen LogP contribution is -2.51. The lowest BCUT2D eigenvalue weighted by Gasteiger charge is -2.36. The maximum Gasteiger partial charge on any atom is 0.235 e. The average molecular weight is 256 g/mol. The van der Waals surface area contributed by atoms with Crippen LogP contribution in [0.1, 0.15) is 52.9 Å². The zero-order valence-corrected chi connectivity index (χ0v) is 12.0. The molecule has 1 aliphatic rings. The van der Waals surface area contributed by atoms with Gasteiger partial charge in [0, 0.05) is 12.6 Å². The minimum atomic E-state index is -0.618. The largest absolute Gasteiger partial charge is 0.392 e. The molecule has 1 fully saturated rings. The van der Waals surface area contributed by atoms with E-state index in [9.17, 15) is 4.79 Å². The Hall–Kier alpha value is -0.640. The molecule has 1 heterocycles. The minimum Gasteiger partial charge on any atom is -0.392 e. The van der Waals surface area contributed by atoms with Gasteiger partial charge in [0.15, 0.2) is 0 Å². The number of carbonyl (C=O) groups is 1. The molecule has 0 aliphatic carbocycles. The second-order valence-electron chi connectivity index (χ2n) is 4.86. The van der Waals surface area contributed by atoms with Crippen LogP contribution in [0.15, 0.2) is 0 Å². The van der Waals surface area contributed by atoms with Gasteiger partial charge in [-0.3, -0.25) is 4.79 Å². The number of amides is 1. The molecule has 1 atom stereocenters. The van der Waals surface area contributed by atoms with E-state index in [1.54, 1.807) is 0 Å². The highest BCUT2D eigenvalue weighted by Gasteiger charge is 2.43. The first-order valence-corrected chi connectivity index (χ1v) is 7.05. The quantitative estimate of drug-likeness (QED) is 0.769. The van der Waals surface area contributed by atoms with Crippen molar-refractivity contribution in [2.45, 2.75) is 58.9 Å². The zero-order chi connectivity index (χ0) is 13.1. The molecule has 0 aromatic rings. The standard InChI is InChI=1S/C13H24N2OS/c1-4-10-8-7-9-15(10)12(16)13(5-2,6-3)11(14)17/h10H,4-9H2,1-3H3,(H2,14,17). The maximum absolute atomic E-state index is 12.7. The Kier molecular flexibility index (Phi) is 4.92. The monoisotopic (exact) mass is 256 g/mol.